The van der Waals surface area contributed by atoms with Gasteiger partial charge in [-0.1, -0.05) is 0 Å². The van der Waals surface area contributed by atoms with Gasteiger partial charge in [0.25, 0.3) is 0 Å². The van der Waals surface area contributed by atoms with E-state index in [-0.39, 0.29) is 0 Å². The highest BCUT2D eigenvalue weighted by Gasteiger charge is 2.08. The molecule has 0 radical (unpaired) electrons. The molecular weight excluding hydrogens is 240 g/mol. The van der Waals surface area contributed by atoms with E-state index >= 15 is 0 Å². The minimum atomic E-state index is 0.704. The van der Waals surface area contributed by atoms with Crippen molar-refractivity contribution in [3.63, 3.8) is 0 Å². The Morgan fingerprint density at radius 3 is 2.32 bits per heavy atom. The van der Waals surface area contributed by atoms with E-state index in [0.717, 1.165) is 36.0 Å². The highest BCUT2D eigenvalue weighted by molar-refractivity contribution is 5.64. The van der Waals surface area contributed by atoms with Crippen LogP contribution in [0.1, 0.15) is 5.69 Å². The molecular formula is C13H20N6. The van der Waals surface area contributed by atoms with Crippen molar-refractivity contribution < 1.29 is 0 Å². The van der Waals surface area contributed by atoms with Crippen molar-refractivity contribution >= 4 is 22.9 Å². The van der Waals surface area contributed by atoms with E-state index in [1.165, 1.54) is 0 Å². The molecule has 6 N–H and O–H groups in total. The molecule has 0 aliphatic rings. The largest absolute Gasteiger partial charge is 0.399 e. The van der Waals surface area contributed by atoms with Gasteiger partial charge in [-0.15, -0.1) is 0 Å². The topological polar surface area (TPSA) is 93.9 Å². The molecule has 102 valence electrons. The molecule has 0 bridgehead atoms. The van der Waals surface area contributed by atoms with Crippen LogP contribution in [-0.4, -0.2) is 22.9 Å². The monoisotopic (exact) mass is 260 g/mol. The maximum absolute atomic E-state index is 5.93. The Hall–Kier alpha value is -2.37. The quantitative estimate of drug-likeness (QED) is 0.482. The van der Waals surface area contributed by atoms with Gasteiger partial charge < -0.3 is 22.1 Å². The van der Waals surface area contributed by atoms with Gasteiger partial charge in [-0.2, -0.15) is 5.10 Å². The Bertz CT molecular complexity index is 543. The predicted octanol–water partition coefficient (Wildman–Crippen LogP) is 1.42. The SMILES string of the molecule is Cc1nn(C)c(NCCNc2ccc(N)cc2)c1N. The molecule has 0 aliphatic carbocycles. The van der Waals surface area contributed by atoms with E-state index < -0.39 is 0 Å². The lowest BCUT2D eigenvalue weighted by Gasteiger charge is -2.10. The smallest absolute Gasteiger partial charge is 0.147 e. The molecule has 0 atom stereocenters. The Labute approximate surface area is 112 Å². The Balaban J connectivity index is 1.82. The first-order valence-electron chi connectivity index (χ1n) is 6.20. The number of nitrogens with zero attached hydrogens (tertiary/aromatic N) is 2. The zero-order valence-electron chi connectivity index (χ0n) is 11.3. The van der Waals surface area contributed by atoms with E-state index in [1.54, 1.807) is 4.68 Å². The van der Waals surface area contributed by atoms with Crippen molar-refractivity contribution in [3.05, 3.63) is 30.0 Å². The first kappa shape index (κ1) is 13.1. The number of nitrogens with two attached hydrogens (primary N) is 2. The number of aromatic nitrogens is 2. The van der Waals surface area contributed by atoms with Crippen LogP contribution in [-0.2, 0) is 7.05 Å². The van der Waals surface area contributed by atoms with E-state index in [1.807, 2.05) is 38.2 Å². The molecule has 1 aromatic carbocycles. The fourth-order valence-electron chi connectivity index (χ4n) is 1.87. The van der Waals surface area contributed by atoms with Gasteiger partial charge in [0.15, 0.2) is 0 Å². The summed E-state index contributed by atoms with van der Waals surface area (Å²) in [7, 11) is 1.87. The average Bonchev–Trinajstić information content (AvgIpc) is 2.62. The molecule has 2 rings (SSSR count). The maximum atomic E-state index is 5.93. The lowest BCUT2D eigenvalue weighted by atomic mass is 10.3. The zero-order chi connectivity index (χ0) is 13.8. The number of benzene rings is 1. The lowest BCUT2D eigenvalue weighted by Crippen LogP contribution is -2.16. The second kappa shape index (κ2) is 5.51. The average molecular weight is 260 g/mol. The number of nitrogens with one attached hydrogen (secondary N) is 2. The van der Waals surface area contributed by atoms with Crippen molar-refractivity contribution in [2.24, 2.45) is 7.05 Å². The summed E-state index contributed by atoms with van der Waals surface area (Å²) in [5.74, 6) is 0.858. The van der Waals surface area contributed by atoms with Gasteiger partial charge in [0.2, 0.25) is 0 Å². The summed E-state index contributed by atoms with van der Waals surface area (Å²) in [4.78, 5) is 0. The second-order valence-electron chi connectivity index (χ2n) is 4.45. The number of hydrogen-bond acceptors (Lipinski definition) is 5. The minimum Gasteiger partial charge on any atom is -0.399 e. The van der Waals surface area contributed by atoms with Crippen molar-refractivity contribution in [2.75, 3.05) is 35.2 Å². The third kappa shape index (κ3) is 3.09. The van der Waals surface area contributed by atoms with Crippen molar-refractivity contribution in [1.29, 1.82) is 0 Å². The van der Waals surface area contributed by atoms with Crippen LogP contribution in [0.15, 0.2) is 24.3 Å². The number of nitrogen functional groups attached to an aromatic ring is 2. The molecule has 19 heavy (non-hydrogen) atoms. The maximum Gasteiger partial charge on any atom is 0.147 e. The van der Waals surface area contributed by atoms with Crippen molar-refractivity contribution in [3.8, 4) is 0 Å². The van der Waals surface area contributed by atoms with Crippen LogP contribution in [0.3, 0.4) is 0 Å². The van der Waals surface area contributed by atoms with Crippen LogP contribution in [0.5, 0.6) is 0 Å². The Kier molecular flexibility index (Phi) is 3.79. The molecule has 0 saturated heterocycles. The molecule has 0 aliphatic heterocycles. The normalized spacial score (nSPS) is 10.4. The van der Waals surface area contributed by atoms with Crippen LogP contribution >= 0.6 is 0 Å². The van der Waals surface area contributed by atoms with E-state index in [2.05, 4.69) is 15.7 Å². The second-order valence-corrected chi connectivity index (χ2v) is 4.45. The van der Waals surface area contributed by atoms with E-state index in [9.17, 15) is 0 Å². The zero-order valence-corrected chi connectivity index (χ0v) is 11.3. The van der Waals surface area contributed by atoms with E-state index in [4.69, 9.17) is 11.5 Å². The molecule has 0 fully saturated rings. The van der Waals surface area contributed by atoms with Crippen LogP contribution in [0.25, 0.3) is 0 Å². The summed E-state index contributed by atoms with van der Waals surface area (Å²) in [6, 6.07) is 7.66. The number of anilines is 4. The molecule has 2 aromatic rings. The van der Waals surface area contributed by atoms with Gasteiger partial charge in [-0.3, -0.25) is 4.68 Å². The highest BCUT2D eigenvalue weighted by Crippen LogP contribution is 2.20. The molecule has 0 spiro atoms. The first-order chi connectivity index (χ1) is 9.08. The molecule has 0 amide bonds. The lowest BCUT2D eigenvalue weighted by molar-refractivity contribution is 0.758. The fraction of sp³-hybridized carbons (Fsp3) is 0.308. The van der Waals surface area contributed by atoms with Crippen LogP contribution in [0, 0.1) is 6.92 Å². The fourth-order valence-corrected chi connectivity index (χ4v) is 1.87. The van der Waals surface area contributed by atoms with Gasteiger partial charge in [0, 0.05) is 31.5 Å². The number of aryl methyl sites for hydroxylation is 2. The molecule has 0 saturated carbocycles. The predicted molar refractivity (Wildman–Crippen MR) is 80.2 cm³/mol. The van der Waals surface area contributed by atoms with Crippen molar-refractivity contribution in [1.82, 2.24) is 9.78 Å². The summed E-state index contributed by atoms with van der Waals surface area (Å²) >= 11 is 0. The van der Waals surface area contributed by atoms with Crippen LogP contribution in [0.2, 0.25) is 0 Å². The first-order valence-corrected chi connectivity index (χ1v) is 6.20. The Morgan fingerprint density at radius 1 is 1.11 bits per heavy atom. The number of rotatable bonds is 5. The highest BCUT2D eigenvalue weighted by atomic mass is 15.3. The van der Waals surface area contributed by atoms with Gasteiger partial charge >= 0.3 is 0 Å². The molecule has 1 aromatic heterocycles. The summed E-state index contributed by atoms with van der Waals surface area (Å²) in [5.41, 5.74) is 14.9. The number of hydrogen-bond donors (Lipinski definition) is 4. The Morgan fingerprint density at radius 2 is 1.74 bits per heavy atom. The summed E-state index contributed by atoms with van der Waals surface area (Å²) in [6.07, 6.45) is 0. The summed E-state index contributed by atoms with van der Waals surface area (Å²) in [5, 5.41) is 10.8. The van der Waals surface area contributed by atoms with Gasteiger partial charge in [-0.25, -0.2) is 0 Å². The van der Waals surface area contributed by atoms with E-state index in [0.29, 0.717) is 5.69 Å². The molecule has 6 heteroatoms. The van der Waals surface area contributed by atoms with Gasteiger partial charge in [0.1, 0.15) is 5.82 Å². The minimum absolute atomic E-state index is 0.704. The third-order valence-corrected chi connectivity index (χ3v) is 2.93. The molecule has 0 unspecified atom stereocenters. The van der Waals surface area contributed by atoms with Crippen molar-refractivity contribution in [2.45, 2.75) is 6.92 Å². The standard InChI is InChI=1S/C13H20N6/c1-9-12(15)13(19(2)18-9)17-8-7-16-11-5-3-10(14)4-6-11/h3-6,16-17H,7-8,14-15H2,1-2H3. The van der Waals surface area contributed by atoms with Crippen LogP contribution < -0.4 is 22.1 Å². The summed E-state index contributed by atoms with van der Waals surface area (Å²) in [6.45, 7) is 3.44. The summed E-state index contributed by atoms with van der Waals surface area (Å²) < 4.78 is 1.76. The molecule has 1 heterocycles. The third-order valence-electron chi connectivity index (χ3n) is 2.93. The molecule has 6 nitrogen and oxygen atoms in total. The van der Waals surface area contributed by atoms with Gasteiger partial charge in [-0.05, 0) is 31.2 Å². The van der Waals surface area contributed by atoms with Crippen LogP contribution in [0.4, 0.5) is 22.9 Å². The van der Waals surface area contributed by atoms with Gasteiger partial charge in [0.05, 0.1) is 11.4 Å².